The lowest BCUT2D eigenvalue weighted by Gasteiger charge is -2.20. The average Bonchev–Trinajstić information content (AvgIpc) is 3.58. The molecule has 0 radical (unpaired) electrons. The number of nitrogens with zero attached hydrogens (tertiary/aromatic N) is 3. The number of rotatable bonds is 8. The third kappa shape index (κ3) is 5.15. The predicted molar refractivity (Wildman–Crippen MR) is 142 cm³/mol. The molecule has 2 aromatic carbocycles. The van der Waals surface area contributed by atoms with Crippen LogP contribution in [-0.2, 0) is 0 Å². The normalized spacial score (nSPS) is 20.0. The van der Waals surface area contributed by atoms with Crippen molar-refractivity contribution in [1.82, 2.24) is 14.8 Å². The van der Waals surface area contributed by atoms with Crippen LogP contribution < -0.4 is 11.6 Å². The second-order valence-electron chi connectivity index (χ2n) is 10.2. The summed E-state index contributed by atoms with van der Waals surface area (Å²) in [6.07, 6.45) is 9.18. The lowest BCUT2D eigenvalue weighted by molar-refractivity contribution is 0.0695. The van der Waals surface area contributed by atoms with Crippen LogP contribution in [0.25, 0.3) is 16.8 Å². The number of carbonyl (C=O) groups is 2. The third-order valence-electron chi connectivity index (χ3n) is 7.51. The summed E-state index contributed by atoms with van der Waals surface area (Å²) in [6.45, 7) is 0. The number of carboxylic acids is 1. The fraction of sp³-hybridized carbons (Fsp3) is 0.345. The number of hydrogen-bond donors (Lipinski definition) is 3. The van der Waals surface area contributed by atoms with Crippen molar-refractivity contribution < 1.29 is 14.7 Å². The van der Waals surface area contributed by atoms with Crippen LogP contribution in [0.1, 0.15) is 70.9 Å². The van der Waals surface area contributed by atoms with Gasteiger partial charge in [0.1, 0.15) is 5.56 Å². The molecule has 3 aromatic rings. The van der Waals surface area contributed by atoms with Gasteiger partial charge in [-0.1, -0.05) is 49.6 Å². The lowest BCUT2D eigenvalue weighted by Crippen LogP contribution is -2.21. The Bertz CT molecular complexity index is 1350. The molecule has 0 aliphatic heterocycles. The van der Waals surface area contributed by atoms with Crippen molar-refractivity contribution in [2.75, 3.05) is 7.05 Å². The van der Waals surface area contributed by atoms with Gasteiger partial charge in [0.25, 0.3) is 0 Å². The van der Waals surface area contributed by atoms with Gasteiger partial charge in [0.15, 0.2) is 5.78 Å². The molecule has 2 aliphatic carbocycles. The number of hydrogen-bond acceptors (Lipinski definition) is 6. The fourth-order valence-corrected chi connectivity index (χ4v) is 5.55. The molecule has 2 fully saturated rings. The zero-order chi connectivity index (χ0) is 26.1. The standard InChI is InChI=1S/C29H33N5O3/c1-33(31)17-26(30)23-15-24(23)27-25(29(36)37)16-32-34(27)22-12-6-10-20(14-22)19-9-5-11-21(13-19)28(35)18-7-3-2-4-8-18/h5-6,9-14,16-18,23-24H,2-4,7-8,15,30-31H2,1H3,(H,36,37)/b26-17-. The minimum Gasteiger partial charge on any atom is -0.478 e. The Balaban J connectivity index is 1.47. The summed E-state index contributed by atoms with van der Waals surface area (Å²) in [6, 6.07) is 15.6. The van der Waals surface area contributed by atoms with E-state index >= 15 is 0 Å². The summed E-state index contributed by atoms with van der Waals surface area (Å²) >= 11 is 0. The van der Waals surface area contributed by atoms with Gasteiger partial charge in [0, 0.05) is 42.3 Å². The highest BCUT2D eigenvalue weighted by molar-refractivity contribution is 5.99. The Morgan fingerprint density at radius 3 is 2.49 bits per heavy atom. The number of aromatic carboxylic acids is 1. The number of hydrazine groups is 1. The number of benzene rings is 2. The zero-order valence-corrected chi connectivity index (χ0v) is 21.0. The largest absolute Gasteiger partial charge is 0.478 e. The maximum atomic E-state index is 13.1. The summed E-state index contributed by atoms with van der Waals surface area (Å²) in [4.78, 5) is 25.1. The number of aromatic nitrogens is 2. The number of ketones is 1. The summed E-state index contributed by atoms with van der Waals surface area (Å²) < 4.78 is 1.70. The Kier molecular flexibility index (Phi) is 6.84. The molecule has 2 saturated carbocycles. The van der Waals surface area contributed by atoms with Crippen LogP contribution in [0.15, 0.2) is 66.6 Å². The molecular weight excluding hydrogens is 466 g/mol. The van der Waals surface area contributed by atoms with Crippen molar-refractivity contribution in [2.45, 2.75) is 44.4 Å². The molecule has 5 rings (SSSR count). The molecule has 2 atom stereocenters. The second kappa shape index (κ2) is 10.2. The number of carbonyl (C=O) groups excluding carboxylic acids is 1. The van der Waals surface area contributed by atoms with E-state index in [0.717, 1.165) is 54.5 Å². The fourth-order valence-electron chi connectivity index (χ4n) is 5.55. The average molecular weight is 500 g/mol. The molecule has 2 unspecified atom stereocenters. The Morgan fingerprint density at radius 2 is 1.78 bits per heavy atom. The van der Waals surface area contributed by atoms with Gasteiger partial charge in [-0.25, -0.2) is 15.3 Å². The first kappa shape index (κ1) is 24.8. The monoisotopic (exact) mass is 499 g/mol. The quantitative estimate of drug-likeness (QED) is 0.233. The number of nitrogens with two attached hydrogens (primary N) is 2. The van der Waals surface area contributed by atoms with E-state index in [-0.39, 0.29) is 29.1 Å². The maximum Gasteiger partial charge on any atom is 0.339 e. The van der Waals surface area contributed by atoms with Crippen LogP contribution in [0, 0.1) is 11.8 Å². The minimum atomic E-state index is -1.02. The number of carboxylic acid groups (broad SMARTS) is 1. The van der Waals surface area contributed by atoms with E-state index < -0.39 is 5.97 Å². The topological polar surface area (TPSA) is 127 Å². The smallest absolute Gasteiger partial charge is 0.339 e. The maximum absolute atomic E-state index is 13.1. The van der Waals surface area contributed by atoms with Crippen molar-refractivity contribution in [1.29, 1.82) is 0 Å². The Morgan fingerprint density at radius 1 is 1.08 bits per heavy atom. The van der Waals surface area contributed by atoms with E-state index in [1.54, 1.807) is 17.9 Å². The van der Waals surface area contributed by atoms with Crippen molar-refractivity contribution in [3.8, 4) is 16.8 Å². The SMILES string of the molecule is CN(N)/C=C(\N)C1CC1c1c(C(=O)O)cnn1-c1cccc(-c2cccc(C(=O)C3CCCCC3)c2)c1. The Hall–Kier alpha value is -3.91. The van der Waals surface area contributed by atoms with Gasteiger partial charge in [-0.2, -0.15) is 5.10 Å². The summed E-state index contributed by atoms with van der Waals surface area (Å²) in [7, 11) is 1.69. The lowest BCUT2D eigenvalue weighted by atomic mass is 9.83. The summed E-state index contributed by atoms with van der Waals surface area (Å²) in [5.41, 5.74) is 11.0. The Labute approximate surface area is 216 Å². The van der Waals surface area contributed by atoms with Crippen LogP contribution >= 0.6 is 0 Å². The van der Waals surface area contributed by atoms with Gasteiger partial charge in [-0.05, 0) is 48.6 Å². The van der Waals surface area contributed by atoms with E-state index in [2.05, 4.69) is 5.10 Å². The first-order valence-corrected chi connectivity index (χ1v) is 12.8. The molecule has 0 amide bonds. The molecule has 0 saturated heterocycles. The highest BCUT2D eigenvalue weighted by Crippen LogP contribution is 2.51. The molecule has 0 bridgehead atoms. The molecule has 37 heavy (non-hydrogen) atoms. The van der Waals surface area contributed by atoms with Crippen molar-refractivity contribution in [2.24, 2.45) is 23.4 Å². The van der Waals surface area contributed by atoms with Crippen LogP contribution in [0.2, 0.25) is 0 Å². The van der Waals surface area contributed by atoms with Gasteiger partial charge < -0.3 is 15.8 Å². The van der Waals surface area contributed by atoms with E-state index in [0.29, 0.717) is 11.4 Å². The van der Waals surface area contributed by atoms with E-state index in [1.807, 2.05) is 48.5 Å². The molecule has 1 heterocycles. The van der Waals surface area contributed by atoms with Crippen LogP contribution in [0.4, 0.5) is 0 Å². The molecule has 0 spiro atoms. The number of allylic oxidation sites excluding steroid dienone is 1. The predicted octanol–water partition coefficient (Wildman–Crippen LogP) is 4.71. The molecule has 8 nitrogen and oxygen atoms in total. The van der Waals surface area contributed by atoms with Gasteiger partial charge in [0.2, 0.25) is 0 Å². The molecule has 8 heteroatoms. The molecule has 5 N–H and O–H groups in total. The van der Waals surface area contributed by atoms with Gasteiger partial charge in [0.05, 0.1) is 17.6 Å². The van der Waals surface area contributed by atoms with Crippen molar-refractivity contribution in [3.63, 3.8) is 0 Å². The van der Waals surface area contributed by atoms with Crippen LogP contribution in [0.3, 0.4) is 0 Å². The van der Waals surface area contributed by atoms with Gasteiger partial charge in [-0.3, -0.25) is 4.79 Å². The molecule has 192 valence electrons. The third-order valence-corrected chi connectivity index (χ3v) is 7.51. The molecule has 2 aliphatic rings. The molecular formula is C29H33N5O3. The van der Waals surface area contributed by atoms with Crippen LogP contribution in [0.5, 0.6) is 0 Å². The number of Topliss-reactive ketones (excluding diaryl/α,β-unsaturated/α-hetero) is 1. The van der Waals surface area contributed by atoms with E-state index in [9.17, 15) is 14.7 Å². The first-order chi connectivity index (χ1) is 17.8. The highest BCUT2D eigenvalue weighted by atomic mass is 16.4. The highest BCUT2D eigenvalue weighted by Gasteiger charge is 2.45. The summed E-state index contributed by atoms with van der Waals surface area (Å²) in [5, 5.41) is 15.7. The van der Waals surface area contributed by atoms with Crippen molar-refractivity contribution in [3.05, 3.63) is 83.4 Å². The molecule has 1 aromatic heterocycles. The second-order valence-corrected chi connectivity index (χ2v) is 10.2. The van der Waals surface area contributed by atoms with E-state index in [1.165, 1.54) is 17.6 Å². The van der Waals surface area contributed by atoms with Crippen molar-refractivity contribution >= 4 is 11.8 Å². The first-order valence-electron chi connectivity index (χ1n) is 12.8. The van der Waals surface area contributed by atoms with Crippen LogP contribution in [-0.4, -0.2) is 38.7 Å². The summed E-state index contributed by atoms with van der Waals surface area (Å²) in [5.74, 6) is 4.97. The zero-order valence-electron chi connectivity index (χ0n) is 21.0. The van der Waals surface area contributed by atoms with E-state index in [4.69, 9.17) is 11.6 Å². The van der Waals surface area contributed by atoms with Gasteiger partial charge >= 0.3 is 5.97 Å². The minimum absolute atomic E-state index is 0.00483. The van der Waals surface area contributed by atoms with Gasteiger partial charge in [-0.15, -0.1) is 0 Å².